The molecule has 2 rings (SSSR count). The summed E-state index contributed by atoms with van der Waals surface area (Å²) in [6.45, 7) is 8.48. The summed E-state index contributed by atoms with van der Waals surface area (Å²) in [4.78, 5) is 0. The summed E-state index contributed by atoms with van der Waals surface area (Å²) in [6, 6.07) is 12.2. The second-order valence-electron chi connectivity index (χ2n) is 6.92. The molecule has 0 fully saturated rings. The SMILES string of the molecule is CCC[C@@H](C)c1ccc(C(F)(F)F)cc1-c1ccc([C@@H](C)CC)cc1. The largest absolute Gasteiger partial charge is 0.416 e. The number of hydrogen-bond donors (Lipinski definition) is 0. The van der Waals surface area contributed by atoms with Gasteiger partial charge in [-0.3, -0.25) is 0 Å². The van der Waals surface area contributed by atoms with Gasteiger partial charge >= 0.3 is 6.18 Å². The molecule has 0 unspecified atom stereocenters. The van der Waals surface area contributed by atoms with Crippen molar-refractivity contribution in [3.63, 3.8) is 0 Å². The van der Waals surface area contributed by atoms with Crippen LogP contribution in [0.25, 0.3) is 11.1 Å². The van der Waals surface area contributed by atoms with Gasteiger partial charge < -0.3 is 0 Å². The fourth-order valence-electron chi connectivity index (χ4n) is 3.23. The first kappa shape index (κ1) is 19.6. The van der Waals surface area contributed by atoms with E-state index in [9.17, 15) is 13.2 Å². The third-order valence-electron chi connectivity index (χ3n) is 5.04. The predicted molar refractivity (Wildman–Crippen MR) is 98.9 cm³/mol. The monoisotopic (exact) mass is 348 g/mol. The maximum Gasteiger partial charge on any atom is 0.416 e. The van der Waals surface area contributed by atoms with Crippen molar-refractivity contribution >= 4 is 0 Å². The van der Waals surface area contributed by atoms with Crippen molar-refractivity contribution in [1.82, 2.24) is 0 Å². The van der Waals surface area contributed by atoms with Crippen LogP contribution in [0.3, 0.4) is 0 Å². The molecule has 0 nitrogen and oxygen atoms in total. The van der Waals surface area contributed by atoms with E-state index in [0.29, 0.717) is 11.5 Å². The van der Waals surface area contributed by atoms with Crippen molar-refractivity contribution in [3.8, 4) is 11.1 Å². The molecule has 3 heteroatoms. The van der Waals surface area contributed by atoms with Crippen molar-refractivity contribution in [3.05, 3.63) is 59.2 Å². The standard InChI is InChI=1S/C22H27F3/c1-5-7-16(4)20-13-12-19(22(23,24)25)14-21(20)18-10-8-17(9-11-18)15(3)6-2/h8-16H,5-7H2,1-4H3/t15-,16+/m0/s1. The van der Waals surface area contributed by atoms with Crippen LogP contribution in [0.1, 0.15) is 75.5 Å². The Hall–Kier alpha value is -1.77. The molecule has 0 aliphatic rings. The zero-order valence-corrected chi connectivity index (χ0v) is 15.5. The Morgan fingerprint density at radius 3 is 2.04 bits per heavy atom. The van der Waals surface area contributed by atoms with Crippen LogP contribution >= 0.6 is 0 Å². The number of halogens is 3. The van der Waals surface area contributed by atoms with Crippen LogP contribution in [-0.2, 0) is 6.18 Å². The van der Waals surface area contributed by atoms with Crippen LogP contribution in [0, 0.1) is 0 Å². The molecule has 0 bridgehead atoms. The molecule has 0 amide bonds. The molecule has 0 aliphatic heterocycles. The second kappa shape index (κ2) is 8.07. The van der Waals surface area contributed by atoms with E-state index in [1.165, 1.54) is 17.7 Å². The molecule has 25 heavy (non-hydrogen) atoms. The molecule has 2 aromatic carbocycles. The fraction of sp³-hybridized carbons (Fsp3) is 0.455. The predicted octanol–water partition coefficient (Wildman–Crippen LogP) is 7.79. The Morgan fingerprint density at radius 1 is 0.880 bits per heavy atom. The number of rotatable bonds is 6. The van der Waals surface area contributed by atoms with Crippen molar-refractivity contribution in [1.29, 1.82) is 0 Å². The summed E-state index contributed by atoms with van der Waals surface area (Å²) in [5.41, 5.74) is 3.19. The lowest BCUT2D eigenvalue weighted by molar-refractivity contribution is -0.137. The first-order valence-corrected chi connectivity index (χ1v) is 9.09. The van der Waals surface area contributed by atoms with Crippen LogP contribution in [0.15, 0.2) is 42.5 Å². The highest BCUT2D eigenvalue weighted by Gasteiger charge is 2.31. The van der Waals surface area contributed by atoms with Crippen molar-refractivity contribution in [2.75, 3.05) is 0 Å². The minimum atomic E-state index is -4.32. The van der Waals surface area contributed by atoms with Gasteiger partial charge in [0.05, 0.1) is 5.56 Å². The summed E-state index contributed by atoms with van der Waals surface area (Å²) >= 11 is 0. The van der Waals surface area contributed by atoms with E-state index >= 15 is 0 Å². The summed E-state index contributed by atoms with van der Waals surface area (Å²) in [6.07, 6.45) is -1.31. The Bertz CT molecular complexity index is 683. The molecule has 0 saturated carbocycles. The summed E-state index contributed by atoms with van der Waals surface area (Å²) in [5, 5.41) is 0. The molecule has 0 aliphatic carbocycles. The Morgan fingerprint density at radius 2 is 1.52 bits per heavy atom. The number of alkyl halides is 3. The average molecular weight is 348 g/mol. The van der Waals surface area contributed by atoms with Gasteiger partial charge in [0, 0.05) is 0 Å². The summed E-state index contributed by atoms with van der Waals surface area (Å²) in [7, 11) is 0. The topological polar surface area (TPSA) is 0 Å². The molecule has 2 aromatic rings. The third kappa shape index (κ3) is 4.65. The van der Waals surface area contributed by atoms with Crippen LogP contribution in [-0.4, -0.2) is 0 Å². The van der Waals surface area contributed by atoms with E-state index in [2.05, 4.69) is 27.7 Å². The molecule has 0 aromatic heterocycles. The maximum absolute atomic E-state index is 13.2. The van der Waals surface area contributed by atoms with Crippen molar-refractivity contribution < 1.29 is 13.2 Å². The molecule has 0 spiro atoms. The van der Waals surface area contributed by atoms with Gasteiger partial charge in [-0.15, -0.1) is 0 Å². The molecule has 0 heterocycles. The van der Waals surface area contributed by atoms with Gasteiger partial charge in [-0.2, -0.15) is 13.2 Å². The second-order valence-corrected chi connectivity index (χ2v) is 6.92. The van der Waals surface area contributed by atoms with Gasteiger partial charge in [0.25, 0.3) is 0 Å². The zero-order chi connectivity index (χ0) is 18.6. The quantitative estimate of drug-likeness (QED) is 0.500. The Kier molecular flexibility index (Phi) is 6.31. The van der Waals surface area contributed by atoms with Gasteiger partial charge in [0.15, 0.2) is 0 Å². The smallest absolute Gasteiger partial charge is 0.166 e. The number of benzene rings is 2. The highest BCUT2D eigenvalue weighted by atomic mass is 19.4. The van der Waals surface area contributed by atoms with E-state index in [1.54, 1.807) is 6.07 Å². The zero-order valence-electron chi connectivity index (χ0n) is 15.5. The highest BCUT2D eigenvalue weighted by Crippen LogP contribution is 2.38. The van der Waals surface area contributed by atoms with E-state index in [0.717, 1.165) is 30.4 Å². The van der Waals surface area contributed by atoms with Gasteiger partial charge in [0.2, 0.25) is 0 Å². The first-order valence-electron chi connectivity index (χ1n) is 9.09. The average Bonchev–Trinajstić information content (AvgIpc) is 2.60. The minimum absolute atomic E-state index is 0.233. The molecule has 2 atom stereocenters. The lowest BCUT2D eigenvalue weighted by Gasteiger charge is -2.19. The molecular formula is C22H27F3. The molecule has 0 N–H and O–H groups in total. The summed E-state index contributed by atoms with van der Waals surface area (Å²) in [5.74, 6) is 0.686. The highest BCUT2D eigenvalue weighted by molar-refractivity contribution is 5.69. The van der Waals surface area contributed by atoms with E-state index in [1.807, 2.05) is 24.3 Å². The lowest BCUT2D eigenvalue weighted by atomic mass is 9.87. The molecule has 0 saturated heterocycles. The van der Waals surface area contributed by atoms with Gasteiger partial charge in [0.1, 0.15) is 0 Å². The summed E-state index contributed by atoms with van der Waals surface area (Å²) < 4.78 is 39.5. The van der Waals surface area contributed by atoms with Crippen LogP contribution in [0.2, 0.25) is 0 Å². The molecule has 136 valence electrons. The third-order valence-corrected chi connectivity index (χ3v) is 5.04. The van der Waals surface area contributed by atoms with Crippen LogP contribution in [0.5, 0.6) is 0 Å². The van der Waals surface area contributed by atoms with E-state index < -0.39 is 11.7 Å². The van der Waals surface area contributed by atoms with E-state index in [4.69, 9.17) is 0 Å². The van der Waals surface area contributed by atoms with Crippen molar-refractivity contribution in [2.24, 2.45) is 0 Å². The first-order chi connectivity index (χ1) is 11.8. The van der Waals surface area contributed by atoms with Gasteiger partial charge in [-0.1, -0.05) is 64.4 Å². The van der Waals surface area contributed by atoms with Crippen LogP contribution < -0.4 is 0 Å². The molecule has 0 radical (unpaired) electrons. The normalized spacial score (nSPS) is 14.4. The van der Waals surface area contributed by atoms with Crippen LogP contribution in [0.4, 0.5) is 13.2 Å². The lowest BCUT2D eigenvalue weighted by Crippen LogP contribution is -2.07. The minimum Gasteiger partial charge on any atom is -0.166 e. The maximum atomic E-state index is 13.2. The van der Waals surface area contributed by atoms with Crippen molar-refractivity contribution in [2.45, 2.75) is 65.0 Å². The number of hydrogen-bond acceptors (Lipinski definition) is 0. The Labute approximate surface area is 149 Å². The Balaban J connectivity index is 2.51. The fourth-order valence-corrected chi connectivity index (χ4v) is 3.23. The van der Waals surface area contributed by atoms with E-state index in [-0.39, 0.29) is 5.92 Å². The molecular weight excluding hydrogens is 321 g/mol. The van der Waals surface area contributed by atoms with Gasteiger partial charge in [-0.25, -0.2) is 0 Å². The van der Waals surface area contributed by atoms with Gasteiger partial charge in [-0.05, 0) is 59.1 Å².